The highest BCUT2D eigenvalue weighted by Crippen LogP contribution is 2.25. The quantitative estimate of drug-likeness (QED) is 0.726. The molecule has 1 aliphatic rings. The van der Waals surface area contributed by atoms with Gasteiger partial charge in [0, 0.05) is 13.1 Å². The SMILES string of the molecule is Cc1nn(-c2ccc(F)cc2)c(Cl)c1C(=O)OCC(=O)N1C[C@H](C)C[C@@H](C)C1. The van der Waals surface area contributed by atoms with Gasteiger partial charge in [-0.1, -0.05) is 25.4 Å². The van der Waals surface area contributed by atoms with Crippen molar-refractivity contribution < 1.29 is 18.7 Å². The number of carbonyl (C=O) groups excluding carboxylic acids is 2. The molecule has 28 heavy (non-hydrogen) atoms. The van der Waals surface area contributed by atoms with E-state index in [-0.39, 0.29) is 29.0 Å². The van der Waals surface area contributed by atoms with E-state index in [1.165, 1.54) is 28.9 Å². The summed E-state index contributed by atoms with van der Waals surface area (Å²) in [4.78, 5) is 26.7. The maximum atomic E-state index is 13.1. The number of nitrogens with zero attached hydrogens (tertiary/aromatic N) is 3. The Bertz CT molecular complexity index is 872. The molecule has 150 valence electrons. The van der Waals surface area contributed by atoms with Crippen molar-refractivity contribution in [3.8, 4) is 5.69 Å². The third kappa shape index (κ3) is 4.35. The van der Waals surface area contributed by atoms with Crippen LogP contribution < -0.4 is 0 Å². The third-order valence-electron chi connectivity index (χ3n) is 4.83. The van der Waals surface area contributed by atoms with Gasteiger partial charge in [-0.25, -0.2) is 13.9 Å². The number of amides is 1. The van der Waals surface area contributed by atoms with Crippen molar-refractivity contribution in [1.82, 2.24) is 14.7 Å². The first-order chi connectivity index (χ1) is 13.3. The Morgan fingerprint density at radius 2 is 1.82 bits per heavy atom. The molecule has 2 aromatic rings. The molecule has 0 unspecified atom stereocenters. The second-order valence-corrected chi connectivity index (χ2v) is 7.82. The molecule has 1 aromatic carbocycles. The Kier molecular flexibility index (Phi) is 6.03. The molecule has 0 radical (unpaired) electrons. The van der Waals surface area contributed by atoms with E-state index in [2.05, 4.69) is 18.9 Å². The second-order valence-electron chi connectivity index (χ2n) is 7.46. The van der Waals surface area contributed by atoms with Crippen molar-refractivity contribution in [2.45, 2.75) is 27.2 Å². The van der Waals surface area contributed by atoms with Gasteiger partial charge < -0.3 is 9.64 Å². The van der Waals surface area contributed by atoms with Crippen LogP contribution in [0.15, 0.2) is 24.3 Å². The lowest BCUT2D eigenvalue weighted by molar-refractivity contribution is -0.137. The normalized spacial score (nSPS) is 19.5. The van der Waals surface area contributed by atoms with Gasteiger partial charge in [0.2, 0.25) is 0 Å². The van der Waals surface area contributed by atoms with Crippen LogP contribution in [0.5, 0.6) is 0 Å². The molecule has 1 saturated heterocycles. The number of esters is 1. The first-order valence-corrected chi connectivity index (χ1v) is 9.60. The lowest BCUT2D eigenvalue weighted by Crippen LogP contribution is -2.44. The highest BCUT2D eigenvalue weighted by atomic mass is 35.5. The number of piperidine rings is 1. The van der Waals surface area contributed by atoms with E-state index in [1.54, 1.807) is 11.8 Å². The van der Waals surface area contributed by atoms with Crippen LogP contribution in [0.25, 0.3) is 5.69 Å². The van der Waals surface area contributed by atoms with Crippen molar-refractivity contribution in [3.05, 3.63) is 46.5 Å². The maximum absolute atomic E-state index is 13.1. The Labute approximate surface area is 168 Å². The number of aryl methyl sites for hydroxylation is 1. The molecule has 1 aromatic heterocycles. The van der Waals surface area contributed by atoms with Crippen molar-refractivity contribution in [2.75, 3.05) is 19.7 Å². The monoisotopic (exact) mass is 407 g/mol. The highest BCUT2D eigenvalue weighted by molar-refractivity contribution is 6.33. The van der Waals surface area contributed by atoms with Crippen molar-refractivity contribution >= 4 is 23.5 Å². The fourth-order valence-electron chi connectivity index (χ4n) is 3.64. The van der Waals surface area contributed by atoms with Gasteiger partial charge in [-0.2, -0.15) is 5.10 Å². The molecule has 0 saturated carbocycles. The van der Waals surface area contributed by atoms with Gasteiger partial charge in [-0.3, -0.25) is 4.79 Å². The van der Waals surface area contributed by atoms with Crippen LogP contribution in [0.2, 0.25) is 5.15 Å². The Balaban J connectivity index is 1.69. The molecule has 2 heterocycles. The van der Waals surface area contributed by atoms with Crippen LogP contribution in [-0.4, -0.2) is 46.3 Å². The highest BCUT2D eigenvalue weighted by Gasteiger charge is 2.27. The van der Waals surface area contributed by atoms with E-state index in [0.717, 1.165) is 6.42 Å². The van der Waals surface area contributed by atoms with Gasteiger partial charge in [0.25, 0.3) is 5.91 Å². The number of likely N-dealkylation sites (tertiary alicyclic amines) is 1. The maximum Gasteiger partial charge on any atom is 0.343 e. The topological polar surface area (TPSA) is 64.4 Å². The molecule has 1 aliphatic heterocycles. The van der Waals surface area contributed by atoms with E-state index in [9.17, 15) is 14.0 Å². The van der Waals surface area contributed by atoms with Gasteiger partial charge >= 0.3 is 5.97 Å². The standard InChI is InChI=1S/C20H23ClFN3O3/c1-12-8-13(2)10-24(9-12)17(26)11-28-20(27)18-14(3)23-25(19(18)21)16-6-4-15(22)5-7-16/h4-7,12-13H,8-11H2,1-3H3/t12-,13-/m1/s1. The number of hydrogen-bond donors (Lipinski definition) is 0. The molecule has 0 bridgehead atoms. The summed E-state index contributed by atoms with van der Waals surface area (Å²) in [6.45, 7) is 6.84. The molecule has 6 nitrogen and oxygen atoms in total. The van der Waals surface area contributed by atoms with Gasteiger partial charge in [0.05, 0.1) is 11.4 Å². The Morgan fingerprint density at radius 1 is 1.21 bits per heavy atom. The van der Waals surface area contributed by atoms with Crippen LogP contribution in [0, 0.1) is 24.6 Å². The van der Waals surface area contributed by atoms with Gasteiger partial charge in [0.1, 0.15) is 16.5 Å². The number of hydrogen-bond acceptors (Lipinski definition) is 4. The van der Waals surface area contributed by atoms with Gasteiger partial charge in [0.15, 0.2) is 6.61 Å². The molecule has 3 rings (SSSR count). The Hall–Kier alpha value is -2.41. The van der Waals surface area contributed by atoms with Crippen molar-refractivity contribution in [2.24, 2.45) is 11.8 Å². The van der Waals surface area contributed by atoms with E-state index >= 15 is 0 Å². The first kappa shape index (κ1) is 20.3. The van der Waals surface area contributed by atoms with E-state index in [1.807, 2.05) is 0 Å². The summed E-state index contributed by atoms with van der Waals surface area (Å²) in [5.74, 6) is -0.458. The number of ether oxygens (including phenoxy) is 1. The predicted octanol–water partition coefficient (Wildman–Crippen LogP) is 3.63. The summed E-state index contributed by atoms with van der Waals surface area (Å²) in [6, 6.07) is 5.57. The molecule has 1 fully saturated rings. The zero-order valence-corrected chi connectivity index (χ0v) is 16.9. The van der Waals surface area contributed by atoms with Gasteiger partial charge in [-0.15, -0.1) is 0 Å². The zero-order valence-electron chi connectivity index (χ0n) is 16.1. The van der Waals surface area contributed by atoms with Crippen molar-refractivity contribution in [1.29, 1.82) is 0 Å². The zero-order chi connectivity index (χ0) is 20.4. The van der Waals surface area contributed by atoms with E-state index in [0.29, 0.717) is 36.3 Å². The van der Waals surface area contributed by atoms with E-state index < -0.39 is 5.97 Å². The van der Waals surface area contributed by atoms with Crippen LogP contribution in [0.3, 0.4) is 0 Å². The second kappa shape index (κ2) is 8.31. The minimum atomic E-state index is -0.706. The molecular formula is C20H23ClFN3O3. The lowest BCUT2D eigenvalue weighted by atomic mass is 9.92. The smallest absolute Gasteiger partial charge is 0.343 e. The minimum Gasteiger partial charge on any atom is -0.452 e. The number of carbonyl (C=O) groups is 2. The summed E-state index contributed by atoms with van der Waals surface area (Å²) in [6.07, 6.45) is 1.08. The van der Waals surface area contributed by atoms with Crippen molar-refractivity contribution in [3.63, 3.8) is 0 Å². The van der Waals surface area contributed by atoms with Gasteiger partial charge in [-0.05, 0) is 49.4 Å². The third-order valence-corrected chi connectivity index (χ3v) is 5.18. The number of halogens is 2. The fourth-order valence-corrected chi connectivity index (χ4v) is 3.99. The molecule has 1 amide bonds. The minimum absolute atomic E-state index is 0.0572. The predicted molar refractivity (Wildman–Crippen MR) is 103 cm³/mol. The molecular weight excluding hydrogens is 385 g/mol. The molecule has 0 aliphatic carbocycles. The molecule has 2 atom stereocenters. The van der Waals surface area contributed by atoms with E-state index in [4.69, 9.17) is 16.3 Å². The van der Waals surface area contributed by atoms with Crippen LogP contribution in [0.4, 0.5) is 4.39 Å². The number of rotatable bonds is 4. The summed E-state index contributed by atoms with van der Waals surface area (Å²) in [7, 11) is 0. The summed E-state index contributed by atoms with van der Waals surface area (Å²) < 4.78 is 19.7. The fraction of sp³-hybridized carbons (Fsp3) is 0.450. The summed E-state index contributed by atoms with van der Waals surface area (Å²) in [5.41, 5.74) is 0.979. The largest absolute Gasteiger partial charge is 0.452 e. The van der Waals surface area contributed by atoms with Crippen LogP contribution in [-0.2, 0) is 9.53 Å². The molecule has 0 spiro atoms. The lowest BCUT2D eigenvalue weighted by Gasteiger charge is -2.34. The summed E-state index contributed by atoms with van der Waals surface area (Å²) in [5, 5.41) is 4.29. The average molecular weight is 408 g/mol. The van der Waals surface area contributed by atoms with Crippen LogP contribution in [0.1, 0.15) is 36.3 Å². The summed E-state index contributed by atoms with van der Waals surface area (Å²) >= 11 is 6.31. The number of benzene rings is 1. The molecule has 0 N–H and O–H groups in total. The van der Waals surface area contributed by atoms with Crippen LogP contribution >= 0.6 is 11.6 Å². The first-order valence-electron chi connectivity index (χ1n) is 9.22. The average Bonchev–Trinajstić information content (AvgIpc) is 2.93. The number of aromatic nitrogens is 2. The molecule has 8 heteroatoms. The Morgan fingerprint density at radius 3 is 2.43 bits per heavy atom.